The van der Waals surface area contributed by atoms with Crippen molar-refractivity contribution in [1.29, 1.82) is 0 Å². The molecule has 0 bridgehead atoms. The van der Waals surface area contributed by atoms with Crippen LogP contribution in [0, 0.1) is 6.92 Å². The summed E-state index contributed by atoms with van der Waals surface area (Å²) in [4.78, 5) is 15.7. The van der Waals surface area contributed by atoms with Gasteiger partial charge in [-0.1, -0.05) is 0 Å². The first-order valence-corrected chi connectivity index (χ1v) is 5.99. The molecule has 0 spiro atoms. The Balaban J connectivity index is 2.16. The summed E-state index contributed by atoms with van der Waals surface area (Å²) in [7, 11) is 1.61. The van der Waals surface area contributed by atoms with E-state index < -0.39 is 0 Å². The summed E-state index contributed by atoms with van der Waals surface area (Å²) in [5.41, 5.74) is 3.79. The van der Waals surface area contributed by atoms with Crippen molar-refractivity contribution in [3.63, 3.8) is 0 Å². The highest BCUT2D eigenvalue weighted by Crippen LogP contribution is 2.21. The first-order valence-electron chi connectivity index (χ1n) is 5.05. The van der Waals surface area contributed by atoms with Crippen LogP contribution in [0.2, 0.25) is 0 Å². The van der Waals surface area contributed by atoms with Crippen molar-refractivity contribution in [2.45, 2.75) is 6.92 Å². The smallest absolute Gasteiger partial charge is 0.275 e. The van der Waals surface area contributed by atoms with Crippen molar-refractivity contribution >= 4 is 22.9 Å². The highest BCUT2D eigenvalue weighted by molar-refractivity contribution is 7.07. The molecular formula is C12H12N2O2S. The fourth-order valence-electron chi connectivity index (χ4n) is 1.41. The number of carbonyl (C=O) groups is 1. The van der Waals surface area contributed by atoms with Crippen LogP contribution in [0.4, 0.5) is 5.69 Å². The zero-order chi connectivity index (χ0) is 12.3. The second kappa shape index (κ2) is 4.97. The molecule has 88 valence electrons. The number of aromatic nitrogens is 1. The van der Waals surface area contributed by atoms with E-state index in [2.05, 4.69) is 10.3 Å². The van der Waals surface area contributed by atoms with Crippen molar-refractivity contribution in [2.24, 2.45) is 0 Å². The fourth-order valence-corrected chi connectivity index (χ4v) is 1.95. The van der Waals surface area contributed by atoms with Crippen LogP contribution in [0.5, 0.6) is 5.75 Å². The Hall–Kier alpha value is -1.88. The Morgan fingerprint density at radius 2 is 2.29 bits per heavy atom. The van der Waals surface area contributed by atoms with Gasteiger partial charge in [-0.15, -0.1) is 11.3 Å². The molecule has 0 saturated carbocycles. The van der Waals surface area contributed by atoms with Gasteiger partial charge >= 0.3 is 0 Å². The zero-order valence-corrected chi connectivity index (χ0v) is 10.4. The van der Waals surface area contributed by atoms with E-state index in [1.54, 1.807) is 18.0 Å². The van der Waals surface area contributed by atoms with Crippen molar-refractivity contribution in [1.82, 2.24) is 4.98 Å². The summed E-state index contributed by atoms with van der Waals surface area (Å²) in [5.74, 6) is 0.577. The molecule has 0 atom stereocenters. The molecule has 1 aromatic heterocycles. The average molecular weight is 248 g/mol. The van der Waals surface area contributed by atoms with Gasteiger partial charge in [0.2, 0.25) is 0 Å². The molecule has 0 aliphatic heterocycles. The van der Waals surface area contributed by atoms with Crippen molar-refractivity contribution in [3.05, 3.63) is 40.3 Å². The first-order chi connectivity index (χ1) is 8.20. The largest absolute Gasteiger partial charge is 0.497 e. The van der Waals surface area contributed by atoms with Crippen LogP contribution in [0.3, 0.4) is 0 Å². The Labute approximate surface area is 103 Å². The highest BCUT2D eigenvalue weighted by atomic mass is 32.1. The lowest BCUT2D eigenvalue weighted by Gasteiger charge is -2.08. The lowest BCUT2D eigenvalue weighted by Crippen LogP contribution is -2.12. The number of hydrogen-bond acceptors (Lipinski definition) is 4. The standard InChI is InChI=1S/C12H12N2O2S/c1-8-5-9(16-2)3-4-10(8)14-12(15)11-6-17-7-13-11/h3-7H,1-2H3,(H,14,15). The summed E-state index contributed by atoms with van der Waals surface area (Å²) >= 11 is 1.40. The number of ether oxygens (including phenoxy) is 1. The second-order valence-electron chi connectivity index (χ2n) is 3.51. The van der Waals surface area contributed by atoms with Gasteiger partial charge in [-0.2, -0.15) is 0 Å². The maximum Gasteiger partial charge on any atom is 0.275 e. The molecule has 0 unspecified atom stereocenters. The van der Waals surface area contributed by atoms with Crippen molar-refractivity contribution < 1.29 is 9.53 Å². The molecule has 2 aromatic rings. The van der Waals surface area contributed by atoms with Crippen molar-refractivity contribution in [2.75, 3.05) is 12.4 Å². The lowest BCUT2D eigenvalue weighted by molar-refractivity contribution is 0.102. The molecule has 4 nitrogen and oxygen atoms in total. The third kappa shape index (κ3) is 2.62. The monoisotopic (exact) mass is 248 g/mol. The molecule has 1 amide bonds. The van der Waals surface area contributed by atoms with E-state index in [0.29, 0.717) is 5.69 Å². The number of amides is 1. The van der Waals surface area contributed by atoms with Gasteiger partial charge in [0.05, 0.1) is 12.6 Å². The van der Waals surface area contributed by atoms with E-state index >= 15 is 0 Å². The number of hydrogen-bond donors (Lipinski definition) is 1. The maximum atomic E-state index is 11.8. The van der Waals surface area contributed by atoms with Gasteiger partial charge in [0.15, 0.2) is 0 Å². The minimum Gasteiger partial charge on any atom is -0.497 e. The molecule has 0 radical (unpaired) electrons. The minimum atomic E-state index is -0.195. The Kier molecular flexibility index (Phi) is 3.39. The van der Waals surface area contributed by atoms with E-state index in [4.69, 9.17) is 4.74 Å². The number of carbonyl (C=O) groups excluding carboxylic acids is 1. The number of anilines is 1. The SMILES string of the molecule is COc1ccc(NC(=O)c2cscn2)c(C)c1. The fraction of sp³-hybridized carbons (Fsp3) is 0.167. The number of methoxy groups -OCH3 is 1. The van der Waals surface area contributed by atoms with Gasteiger partial charge in [0, 0.05) is 11.1 Å². The third-order valence-electron chi connectivity index (χ3n) is 2.35. The summed E-state index contributed by atoms with van der Waals surface area (Å²) in [5, 5.41) is 4.53. The topological polar surface area (TPSA) is 51.2 Å². The summed E-state index contributed by atoms with van der Waals surface area (Å²) in [6.07, 6.45) is 0. The van der Waals surface area contributed by atoms with Crippen LogP contribution in [0.1, 0.15) is 16.1 Å². The van der Waals surface area contributed by atoms with Crippen LogP contribution in [0.25, 0.3) is 0 Å². The Morgan fingerprint density at radius 3 is 2.88 bits per heavy atom. The molecule has 0 aliphatic carbocycles. The number of thiazole rings is 1. The highest BCUT2D eigenvalue weighted by Gasteiger charge is 2.09. The normalized spacial score (nSPS) is 10.0. The molecule has 0 saturated heterocycles. The van der Waals surface area contributed by atoms with Crippen LogP contribution in [-0.4, -0.2) is 18.0 Å². The minimum absolute atomic E-state index is 0.195. The molecule has 1 N–H and O–H groups in total. The Bertz CT molecular complexity index is 523. The van der Waals surface area contributed by atoms with E-state index in [9.17, 15) is 4.79 Å². The summed E-state index contributed by atoms with van der Waals surface area (Å²) in [6, 6.07) is 5.50. The molecule has 1 aromatic carbocycles. The molecule has 17 heavy (non-hydrogen) atoms. The van der Waals surface area contributed by atoms with Crippen molar-refractivity contribution in [3.8, 4) is 5.75 Å². The summed E-state index contributed by atoms with van der Waals surface area (Å²) < 4.78 is 5.10. The number of aryl methyl sites for hydroxylation is 1. The lowest BCUT2D eigenvalue weighted by atomic mass is 10.2. The second-order valence-corrected chi connectivity index (χ2v) is 4.23. The van der Waals surface area contributed by atoms with E-state index in [1.165, 1.54) is 11.3 Å². The number of benzene rings is 1. The number of rotatable bonds is 3. The molecular weight excluding hydrogens is 236 g/mol. The molecule has 5 heteroatoms. The van der Waals surface area contributed by atoms with E-state index in [0.717, 1.165) is 17.0 Å². The summed E-state index contributed by atoms with van der Waals surface area (Å²) in [6.45, 7) is 1.92. The first kappa shape index (κ1) is 11.6. The zero-order valence-electron chi connectivity index (χ0n) is 9.56. The van der Waals surface area contributed by atoms with Gasteiger partial charge in [0.25, 0.3) is 5.91 Å². The quantitative estimate of drug-likeness (QED) is 0.908. The predicted molar refractivity (Wildman–Crippen MR) is 67.8 cm³/mol. The number of nitrogens with one attached hydrogen (secondary N) is 1. The van der Waals surface area contributed by atoms with Crippen LogP contribution in [-0.2, 0) is 0 Å². The molecule has 2 rings (SSSR count). The van der Waals surface area contributed by atoms with Gasteiger partial charge in [0.1, 0.15) is 11.4 Å². The van der Waals surface area contributed by atoms with E-state index in [1.807, 2.05) is 25.1 Å². The van der Waals surface area contributed by atoms with Gasteiger partial charge in [-0.3, -0.25) is 4.79 Å². The molecule has 0 aliphatic rings. The number of nitrogens with zero attached hydrogens (tertiary/aromatic N) is 1. The third-order valence-corrected chi connectivity index (χ3v) is 2.93. The molecule has 1 heterocycles. The van der Waals surface area contributed by atoms with E-state index in [-0.39, 0.29) is 5.91 Å². The van der Waals surface area contributed by atoms with Crippen LogP contribution in [0.15, 0.2) is 29.1 Å². The van der Waals surface area contributed by atoms with Crippen LogP contribution >= 0.6 is 11.3 Å². The predicted octanol–water partition coefficient (Wildman–Crippen LogP) is 2.71. The van der Waals surface area contributed by atoms with Gasteiger partial charge in [-0.05, 0) is 30.7 Å². The maximum absolute atomic E-state index is 11.8. The van der Waals surface area contributed by atoms with Gasteiger partial charge in [-0.25, -0.2) is 4.98 Å². The van der Waals surface area contributed by atoms with Gasteiger partial charge < -0.3 is 10.1 Å². The molecule has 0 fully saturated rings. The van der Waals surface area contributed by atoms with Crippen LogP contribution < -0.4 is 10.1 Å². The average Bonchev–Trinajstić information content (AvgIpc) is 2.85. The Morgan fingerprint density at radius 1 is 1.47 bits per heavy atom.